The Morgan fingerprint density at radius 1 is 0.781 bits per heavy atom. The van der Waals surface area contributed by atoms with Crippen LogP contribution in [0.3, 0.4) is 0 Å². The summed E-state index contributed by atoms with van der Waals surface area (Å²) in [6, 6.07) is 22.2. The van der Waals surface area contributed by atoms with Gasteiger partial charge in [0.15, 0.2) is 0 Å². The second kappa shape index (κ2) is 9.60. The topological polar surface area (TPSA) is 72.8 Å². The van der Waals surface area contributed by atoms with Crippen molar-refractivity contribution in [1.82, 2.24) is 4.90 Å². The van der Waals surface area contributed by atoms with Crippen LogP contribution in [0.15, 0.2) is 72.8 Å². The molecule has 1 saturated heterocycles. The number of nitrogens with one attached hydrogen (secondary N) is 1. The lowest BCUT2D eigenvalue weighted by atomic mass is 9.88. The molecule has 3 aromatic carbocycles. The van der Waals surface area contributed by atoms with E-state index in [9.17, 15) is 15.0 Å². The number of phenolic OH excluding ortho intramolecular Hbond substituents is 2. The average Bonchev–Trinajstić information content (AvgIpc) is 3.35. The fraction of sp³-hybridized carbons (Fsp3) is 0.222. The molecule has 5 heteroatoms. The first-order valence-corrected chi connectivity index (χ1v) is 11.0. The lowest BCUT2D eigenvalue weighted by Gasteiger charge is -2.18. The van der Waals surface area contributed by atoms with Crippen LogP contribution < -0.4 is 5.32 Å². The summed E-state index contributed by atoms with van der Waals surface area (Å²) in [6.45, 7) is 3.72. The molecule has 5 nitrogen and oxygen atoms in total. The fourth-order valence-electron chi connectivity index (χ4n) is 4.17. The number of rotatable bonds is 5. The molecule has 1 fully saturated rings. The summed E-state index contributed by atoms with van der Waals surface area (Å²) in [5.74, 6) is 0.448. The fourth-order valence-corrected chi connectivity index (χ4v) is 4.17. The Hall–Kier alpha value is -3.73. The van der Waals surface area contributed by atoms with Gasteiger partial charge in [0.1, 0.15) is 11.5 Å². The van der Waals surface area contributed by atoms with E-state index < -0.39 is 0 Å². The first-order valence-electron chi connectivity index (χ1n) is 11.0. The number of likely N-dealkylation sites (tertiary alicyclic amines) is 1. The van der Waals surface area contributed by atoms with Crippen LogP contribution in [0.1, 0.15) is 42.9 Å². The molecule has 4 rings (SSSR count). The van der Waals surface area contributed by atoms with Crippen LogP contribution in [0.2, 0.25) is 0 Å². The summed E-state index contributed by atoms with van der Waals surface area (Å²) < 4.78 is 0. The monoisotopic (exact) mass is 428 g/mol. The van der Waals surface area contributed by atoms with Gasteiger partial charge in [0.2, 0.25) is 0 Å². The molecule has 1 aliphatic rings. The summed E-state index contributed by atoms with van der Waals surface area (Å²) in [5.41, 5.74) is 5.97. The zero-order valence-corrected chi connectivity index (χ0v) is 18.2. The molecule has 0 unspecified atom stereocenters. The van der Waals surface area contributed by atoms with E-state index in [2.05, 4.69) is 12.2 Å². The summed E-state index contributed by atoms with van der Waals surface area (Å²) in [4.78, 5) is 14.3. The van der Waals surface area contributed by atoms with Gasteiger partial charge in [0.25, 0.3) is 0 Å². The predicted octanol–water partition coefficient (Wildman–Crippen LogP) is 6.09. The molecule has 0 bridgehead atoms. The smallest absolute Gasteiger partial charge is 0.321 e. The Labute approximate surface area is 188 Å². The number of anilines is 1. The van der Waals surface area contributed by atoms with Crippen molar-refractivity contribution in [3.05, 3.63) is 89.5 Å². The minimum Gasteiger partial charge on any atom is -0.508 e. The third-order valence-corrected chi connectivity index (χ3v) is 5.85. The van der Waals surface area contributed by atoms with E-state index in [-0.39, 0.29) is 17.5 Å². The van der Waals surface area contributed by atoms with E-state index in [0.717, 1.165) is 65.9 Å². The molecule has 0 atom stereocenters. The van der Waals surface area contributed by atoms with E-state index in [0.29, 0.717) is 0 Å². The third kappa shape index (κ3) is 4.78. The van der Waals surface area contributed by atoms with Crippen LogP contribution in [0.4, 0.5) is 10.5 Å². The molecule has 3 aromatic rings. The highest BCUT2D eigenvalue weighted by Gasteiger charge is 2.18. The van der Waals surface area contributed by atoms with Gasteiger partial charge in [-0.3, -0.25) is 0 Å². The van der Waals surface area contributed by atoms with Crippen molar-refractivity contribution in [3.63, 3.8) is 0 Å². The predicted molar refractivity (Wildman–Crippen MR) is 129 cm³/mol. The number of nitrogens with zero attached hydrogens (tertiary/aromatic N) is 1. The minimum absolute atomic E-state index is 0.0529. The maximum Gasteiger partial charge on any atom is 0.321 e. The first kappa shape index (κ1) is 21.5. The number of urea groups is 1. The Kier molecular flexibility index (Phi) is 6.45. The lowest BCUT2D eigenvalue weighted by molar-refractivity contribution is 0.222. The maximum absolute atomic E-state index is 12.4. The van der Waals surface area contributed by atoms with Crippen molar-refractivity contribution in [2.75, 3.05) is 18.4 Å². The summed E-state index contributed by atoms with van der Waals surface area (Å²) >= 11 is 0. The third-order valence-electron chi connectivity index (χ3n) is 5.85. The highest BCUT2D eigenvalue weighted by Crippen LogP contribution is 2.36. The van der Waals surface area contributed by atoms with Crippen LogP contribution in [0.25, 0.3) is 11.1 Å². The Bertz CT molecular complexity index is 1100. The molecular formula is C27H28N2O3. The number of hydrogen-bond donors (Lipinski definition) is 3. The highest BCUT2D eigenvalue weighted by molar-refractivity contribution is 5.99. The van der Waals surface area contributed by atoms with Crippen molar-refractivity contribution in [1.29, 1.82) is 0 Å². The van der Waals surface area contributed by atoms with Gasteiger partial charge in [0.05, 0.1) is 0 Å². The molecule has 1 aliphatic heterocycles. The molecule has 1 heterocycles. The normalized spacial score (nSPS) is 14.2. The van der Waals surface area contributed by atoms with Gasteiger partial charge < -0.3 is 20.4 Å². The van der Waals surface area contributed by atoms with E-state index in [1.165, 1.54) is 0 Å². The van der Waals surface area contributed by atoms with Gasteiger partial charge in [-0.1, -0.05) is 43.3 Å². The largest absolute Gasteiger partial charge is 0.508 e. The van der Waals surface area contributed by atoms with Gasteiger partial charge in [-0.05, 0) is 83.5 Å². The summed E-state index contributed by atoms with van der Waals surface area (Å²) in [6.07, 6.45) is 2.91. The van der Waals surface area contributed by atoms with E-state index in [4.69, 9.17) is 0 Å². The molecule has 0 aliphatic carbocycles. The van der Waals surface area contributed by atoms with E-state index in [1.54, 1.807) is 24.3 Å². The zero-order chi connectivity index (χ0) is 22.5. The number of amides is 2. The number of allylic oxidation sites excluding steroid dienone is 1. The second-order valence-electron chi connectivity index (χ2n) is 8.00. The van der Waals surface area contributed by atoms with Crippen LogP contribution >= 0.6 is 0 Å². The second-order valence-corrected chi connectivity index (χ2v) is 8.00. The SMILES string of the molecule is CC/C(=C(\c1ccc(O)cc1)c1ccc(NC(=O)N2CCCC2)cc1)c1ccc(O)cc1. The van der Waals surface area contributed by atoms with Crippen LogP contribution in [0.5, 0.6) is 11.5 Å². The van der Waals surface area contributed by atoms with Gasteiger partial charge in [-0.15, -0.1) is 0 Å². The molecule has 0 spiro atoms. The van der Waals surface area contributed by atoms with Crippen LogP contribution in [-0.2, 0) is 0 Å². The van der Waals surface area contributed by atoms with Crippen molar-refractivity contribution in [3.8, 4) is 11.5 Å². The van der Waals surface area contributed by atoms with Crippen molar-refractivity contribution in [2.24, 2.45) is 0 Å². The lowest BCUT2D eigenvalue weighted by Crippen LogP contribution is -2.32. The average molecular weight is 429 g/mol. The number of carbonyl (C=O) groups excluding carboxylic acids is 1. The molecule has 2 amide bonds. The number of hydrogen-bond acceptors (Lipinski definition) is 3. The molecule has 0 radical (unpaired) electrons. The summed E-state index contributed by atoms with van der Waals surface area (Å²) in [5, 5.41) is 22.5. The zero-order valence-electron chi connectivity index (χ0n) is 18.2. The van der Waals surface area contributed by atoms with Gasteiger partial charge in [-0.25, -0.2) is 4.79 Å². The standard InChI is InChI=1S/C27H28N2O3/c1-2-25(19-7-13-23(30)14-8-19)26(21-9-15-24(31)16-10-21)20-5-11-22(12-6-20)28-27(32)29-17-3-4-18-29/h5-16,30-31H,2-4,17-18H2,1H3,(H,28,32)/b26-25+. The molecule has 32 heavy (non-hydrogen) atoms. The number of phenols is 2. The maximum atomic E-state index is 12.4. The first-order chi connectivity index (χ1) is 15.5. The van der Waals surface area contributed by atoms with Crippen molar-refractivity contribution >= 4 is 22.9 Å². The molecule has 0 aromatic heterocycles. The Morgan fingerprint density at radius 3 is 1.75 bits per heavy atom. The number of benzene rings is 3. The minimum atomic E-state index is -0.0529. The van der Waals surface area contributed by atoms with E-state index >= 15 is 0 Å². The number of aromatic hydroxyl groups is 2. The Morgan fingerprint density at radius 2 is 1.25 bits per heavy atom. The van der Waals surface area contributed by atoms with Crippen molar-refractivity contribution in [2.45, 2.75) is 26.2 Å². The Balaban J connectivity index is 1.72. The van der Waals surface area contributed by atoms with Gasteiger partial charge in [-0.2, -0.15) is 0 Å². The van der Waals surface area contributed by atoms with Crippen LogP contribution in [-0.4, -0.2) is 34.2 Å². The molecular weight excluding hydrogens is 400 g/mol. The van der Waals surface area contributed by atoms with Gasteiger partial charge >= 0.3 is 6.03 Å². The summed E-state index contributed by atoms with van der Waals surface area (Å²) in [7, 11) is 0. The van der Waals surface area contributed by atoms with Crippen LogP contribution in [0, 0.1) is 0 Å². The molecule has 0 saturated carbocycles. The van der Waals surface area contributed by atoms with Crippen molar-refractivity contribution < 1.29 is 15.0 Å². The number of carbonyl (C=O) groups is 1. The molecule has 3 N–H and O–H groups in total. The highest BCUT2D eigenvalue weighted by atomic mass is 16.3. The van der Waals surface area contributed by atoms with E-state index in [1.807, 2.05) is 53.4 Å². The van der Waals surface area contributed by atoms with Gasteiger partial charge in [0, 0.05) is 18.8 Å². The molecule has 164 valence electrons. The quantitative estimate of drug-likeness (QED) is 0.430.